The molecule has 6 nitrogen and oxygen atoms in total. The van der Waals surface area contributed by atoms with Crippen molar-refractivity contribution in [3.8, 4) is 11.8 Å². The molecule has 2 aromatic carbocycles. The van der Waals surface area contributed by atoms with E-state index in [-0.39, 0.29) is 5.76 Å². The monoisotopic (exact) mass is 425 g/mol. The summed E-state index contributed by atoms with van der Waals surface area (Å²) in [6, 6.07) is 18.1. The Hall–Kier alpha value is -3.98. The quantitative estimate of drug-likeness (QED) is 0.390. The Balaban J connectivity index is 1.31. The summed E-state index contributed by atoms with van der Waals surface area (Å²) in [5, 5.41) is 7.78. The Morgan fingerprint density at radius 3 is 2.78 bits per heavy atom. The fraction of sp³-hybridized carbons (Fsp3) is 0.231. The molecule has 2 N–H and O–H groups in total. The molecular weight excluding hydrogens is 402 g/mol. The number of nitrogens with one attached hydrogen (secondary N) is 2. The number of aromatic nitrogens is 2. The second-order valence-electron chi connectivity index (χ2n) is 8.11. The largest absolute Gasteiger partial charge is 0.441 e. The van der Waals surface area contributed by atoms with Crippen molar-refractivity contribution in [1.29, 1.82) is 0 Å². The number of fused-ring (bicyclic) bond motifs is 1. The van der Waals surface area contributed by atoms with Gasteiger partial charge < -0.3 is 14.2 Å². The number of hydrogen-bond acceptors (Lipinski definition) is 4. The third-order valence-electron chi connectivity index (χ3n) is 5.65. The average molecular weight is 425 g/mol. The second kappa shape index (κ2) is 8.27. The number of aromatic amines is 1. The number of ether oxygens (including phenoxy) is 1. The van der Waals surface area contributed by atoms with Gasteiger partial charge in [-0.15, -0.1) is 0 Å². The van der Waals surface area contributed by atoms with Gasteiger partial charge in [0.2, 0.25) is 5.76 Å². The zero-order chi connectivity index (χ0) is 22.1. The van der Waals surface area contributed by atoms with Gasteiger partial charge in [-0.3, -0.25) is 5.32 Å². The first kappa shape index (κ1) is 20.0. The first-order chi connectivity index (χ1) is 15.6. The summed E-state index contributed by atoms with van der Waals surface area (Å²) in [7, 11) is 0. The minimum absolute atomic E-state index is 0.282. The molecule has 160 valence electrons. The molecule has 1 fully saturated rings. The summed E-state index contributed by atoms with van der Waals surface area (Å²) in [5.41, 5.74) is 5.07. The molecule has 2 heterocycles. The molecule has 1 unspecified atom stereocenters. The fourth-order valence-electron chi connectivity index (χ4n) is 3.69. The van der Waals surface area contributed by atoms with Gasteiger partial charge in [0, 0.05) is 10.9 Å². The van der Waals surface area contributed by atoms with Crippen molar-refractivity contribution < 1.29 is 14.1 Å². The van der Waals surface area contributed by atoms with Crippen LogP contribution in [0.5, 0.6) is 0 Å². The summed E-state index contributed by atoms with van der Waals surface area (Å²) < 4.78 is 10.8. The summed E-state index contributed by atoms with van der Waals surface area (Å²) >= 11 is 0. The molecule has 32 heavy (non-hydrogen) atoms. The van der Waals surface area contributed by atoms with Gasteiger partial charge in [-0.05, 0) is 67.7 Å². The highest BCUT2D eigenvalue weighted by Crippen LogP contribution is 2.40. The molecule has 1 aliphatic rings. The van der Waals surface area contributed by atoms with Gasteiger partial charge >= 0.3 is 6.09 Å². The van der Waals surface area contributed by atoms with Gasteiger partial charge in [-0.25, -0.2) is 4.79 Å². The minimum Gasteiger partial charge on any atom is -0.441 e. The van der Waals surface area contributed by atoms with E-state index in [9.17, 15) is 4.79 Å². The Bertz CT molecular complexity index is 1340. The lowest BCUT2D eigenvalue weighted by atomic mass is 10.1. The molecule has 5 rings (SSSR count). The number of carbonyl (C=O) groups excluding carboxylic acids is 1. The van der Waals surface area contributed by atoms with Crippen molar-refractivity contribution in [2.75, 3.05) is 5.32 Å². The van der Waals surface area contributed by atoms with E-state index in [4.69, 9.17) is 9.26 Å². The Morgan fingerprint density at radius 2 is 2.00 bits per heavy atom. The fourth-order valence-corrected chi connectivity index (χ4v) is 3.69. The van der Waals surface area contributed by atoms with E-state index in [2.05, 4.69) is 45.5 Å². The number of amides is 1. The number of carbonyl (C=O) groups is 1. The van der Waals surface area contributed by atoms with Crippen LogP contribution in [0.2, 0.25) is 0 Å². The molecular formula is C26H23N3O3. The number of nitrogens with zero attached hydrogens (tertiary/aromatic N) is 1. The highest BCUT2D eigenvalue weighted by Gasteiger charge is 2.23. The molecule has 2 aromatic heterocycles. The Kier molecular flexibility index (Phi) is 5.16. The van der Waals surface area contributed by atoms with Gasteiger partial charge in [0.1, 0.15) is 17.5 Å². The van der Waals surface area contributed by atoms with Gasteiger partial charge in [-0.1, -0.05) is 47.6 Å². The maximum absolute atomic E-state index is 12.4. The molecule has 0 bridgehead atoms. The molecule has 0 saturated heterocycles. The van der Waals surface area contributed by atoms with Crippen LogP contribution in [0.1, 0.15) is 60.1 Å². The lowest BCUT2D eigenvalue weighted by Crippen LogP contribution is -2.16. The predicted octanol–water partition coefficient (Wildman–Crippen LogP) is 6.05. The van der Waals surface area contributed by atoms with Gasteiger partial charge in [0.05, 0.1) is 5.69 Å². The second-order valence-corrected chi connectivity index (χ2v) is 8.11. The van der Waals surface area contributed by atoms with Crippen molar-refractivity contribution in [2.45, 2.75) is 38.7 Å². The van der Waals surface area contributed by atoms with Gasteiger partial charge in [0.15, 0.2) is 0 Å². The average Bonchev–Trinajstić information content (AvgIpc) is 3.49. The van der Waals surface area contributed by atoms with Crippen molar-refractivity contribution >= 4 is 22.7 Å². The SMILES string of the molecule is Cc1noc(C#Cc2cc3ccc(C4CC4)cc3[nH]2)c1NC(=O)OC(C)c1ccccc1. The van der Waals surface area contributed by atoms with Crippen LogP contribution in [0.3, 0.4) is 0 Å². The lowest BCUT2D eigenvalue weighted by molar-refractivity contribution is 0.121. The van der Waals surface area contributed by atoms with Crippen molar-refractivity contribution in [3.05, 3.63) is 82.9 Å². The van der Waals surface area contributed by atoms with Crippen LogP contribution in [-0.4, -0.2) is 16.2 Å². The highest BCUT2D eigenvalue weighted by molar-refractivity contribution is 5.87. The first-order valence-electron chi connectivity index (χ1n) is 10.7. The minimum atomic E-state index is -0.589. The Labute approximate surface area is 186 Å². The van der Waals surface area contributed by atoms with Crippen molar-refractivity contribution in [2.24, 2.45) is 0 Å². The van der Waals surface area contributed by atoms with Crippen LogP contribution < -0.4 is 5.32 Å². The van der Waals surface area contributed by atoms with Crippen molar-refractivity contribution in [1.82, 2.24) is 10.1 Å². The summed E-state index contributed by atoms with van der Waals surface area (Å²) in [5.74, 6) is 7.03. The van der Waals surface area contributed by atoms with Gasteiger partial charge in [0.25, 0.3) is 0 Å². The number of hydrogen-bond donors (Lipinski definition) is 2. The topological polar surface area (TPSA) is 80.2 Å². The van der Waals surface area contributed by atoms with E-state index in [1.807, 2.05) is 43.3 Å². The van der Waals surface area contributed by atoms with Crippen LogP contribution in [0.25, 0.3) is 10.9 Å². The predicted molar refractivity (Wildman–Crippen MR) is 122 cm³/mol. The van der Waals surface area contributed by atoms with Crippen molar-refractivity contribution in [3.63, 3.8) is 0 Å². The molecule has 0 aliphatic heterocycles. The number of anilines is 1. The normalized spacial score (nSPS) is 13.9. The first-order valence-corrected chi connectivity index (χ1v) is 10.7. The zero-order valence-electron chi connectivity index (χ0n) is 17.9. The zero-order valence-corrected chi connectivity index (χ0v) is 17.9. The van der Waals surface area contributed by atoms with Crippen LogP contribution >= 0.6 is 0 Å². The molecule has 1 saturated carbocycles. The van der Waals surface area contributed by atoms with E-state index in [0.29, 0.717) is 17.3 Å². The van der Waals surface area contributed by atoms with Gasteiger partial charge in [-0.2, -0.15) is 0 Å². The molecule has 6 heteroatoms. The van der Waals surface area contributed by atoms with E-state index >= 15 is 0 Å². The van der Waals surface area contributed by atoms with Crippen LogP contribution in [0, 0.1) is 18.8 Å². The van der Waals surface area contributed by atoms with Crippen LogP contribution in [0.15, 0.2) is 59.1 Å². The summed E-state index contributed by atoms with van der Waals surface area (Å²) in [6.07, 6.45) is 1.56. The standard InChI is InChI=1S/C26H23N3O3/c1-16-25(28-26(30)31-17(2)18-6-4-3-5-7-18)24(32-29-16)13-12-22-14-21-11-10-20(19-8-9-19)15-23(21)27-22/h3-7,10-11,14-15,17,19,27H,8-9H2,1-2H3,(H,28,30). The number of H-pyrrole nitrogens is 1. The molecule has 1 atom stereocenters. The number of rotatable bonds is 4. The molecule has 1 aliphatic carbocycles. The Morgan fingerprint density at radius 1 is 1.19 bits per heavy atom. The molecule has 0 spiro atoms. The third kappa shape index (κ3) is 4.23. The maximum Gasteiger partial charge on any atom is 0.412 e. The van der Waals surface area contributed by atoms with E-state index < -0.39 is 12.2 Å². The van der Waals surface area contributed by atoms with E-state index in [1.165, 1.54) is 18.4 Å². The lowest BCUT2D eigenvalue weighted by Gasteiger charge is -2.13. The van der Waals surface area contributed by atoms with E-state index in [1.54, 1.807) is 6.92 Å². The highest BCUT2D eigenvalue weighted by atomic mass is 16.6. The molecule has 1 amide bonds. The summed E-state index contributed by atoms with van der Waals surface area (Å²) in [6.45, 7) is 3.56. The van der Waals surface area contributed by atoms with E-state index in [0.717, 1.165) is 22.2 Å². The van der Waals surface area contributed by atoms with Crippen LogP contribution in [-0.2, 0) is 4.74 Å². The molecule has 4 aromatic rings. The maximum atomic E-state index is 12.4. The summed E-state index contributed by atoms with van der Waals surface area (Å²) in [4.78, 5) is 15.8. The number of aryl methyl sites for hydroxylation is 1. The smallest absolute Gasteiger partial charge is 0.412 e. The van der Waals surface area contributed by atoms with Crippen LogP contribution in [0.4, 0.5) is 10.5 Å². The third-order valence-corrected chi connectivity index (χ3v) is 5.65. The number of benzene rings is 2. The molecule has 0 radical (unpaired) electrons.